The summed E-state index contributed by atoms with van der Waals surface area (Å²) >= 11 is 3.41. The van der Waals surface area contributed by atoms with Crippen molar-refractivity contribution in [1.82, 2.24) is 4.90 Å². The second-order valence-electron chi connectivity index (χ2n) is 5.82. The number of amides is 1. The van der Waals surface area contributed by atoms with Gasteiger partial charge in [-0.15, -0.1) is 0 Å². The van der Waals surface area contributed by atoms with E-state index in [2.05, 4.69) is 15.9 Å². The maximum absolute atomic E-state index is 12.3. The minimum absolute atomic E-state index is 0.0285. The first-order chi connectivity index (χ1) is 9.80. The van der Waals surface area contributed by atoms with E-state index < -0.39 is 9.05 Å². The summed E-state index contributed by atoms with van der Waals surface area (Å²) < 4.78 is 23.4. The number of hydrogen-bond donors (Lipinski definition) is 0. The predicted octanol–water partition coefficient (Wildman–Crippen LogP) is 2.86. The van der Waals surface area contributed by atoms with E-state index in [-0.39, 0.29) is 29.5 Å². The second kappa shape index (κ2) is 5.25. The molecule has 0 aromatic heterocycles. The molecule has 0 bridgehead atoms. The topological polar surface area (TPSA) is 54.5 Å². The van der Waals surface area contributed by atoms with Crippen LogP contribution in [-0.4, -0.2) is 31.5 Å². The van der Waals surface area contributed by atoms with Gasteiger partial charge in [0.15, 0.2) is 0 Å². The highest BCUT2D eigenvalue weighted by Crippen LogP contribution is 2.53. The van der Waals surface area contributed by atoms with Crippen LogP contribution in [0.2, 0.25) is 0 Å². The van der Waals surface area contributed by atoms with Crippen LogP contribution in [0.1, 0.15) is 24.8 Å². The number of hydrogen-bond acceptors (Lipinski definition) is 3. The highest BCUT2D eigenvalue weighted by molar-refractivity contribution is 9.10. The van der Waals surface area contributed by atoms with E-state index >= 15 is 0 Å². The molecule has 0 radical (unpaired) electrons. The van der Waals surface area contributed by atoms with Crippen LogP contribution in [0, 0.1) is 5.92 Å². The van der Waals surface area contributed by atoms with Gasteiger partial charge in [-0.3, -0.25) is 4.79 Å². The number of carbonyl (C=O) groups excluding carboxylic acids is 1. The van der Waals surface area contributed by atoms with Gasteiger partial charge < -0.3 is 4.90 Å². The lowest BCUT2D eigenvalue weighted by Crippen LogP contribution is -2.37. The molecule has 1 saturated heterocycles. The number of carbonyl (C=O) groups is 1. The molecule has 1 aliphatic heterocycles. The Balaban J connectivity index is 1.81. The van der Waals surface area contributed by atoms with Gasteiger partial charge in [-0.25, -0.2) is 8.42 Å². The predicted molar refractivity (Wildman–Crippen MR) is 84.5 cm³/mol. The molecule has 0 spiro atoms. The molecule has 3 rings (SSSR count). The zero-order chi connectivity index (χ0) is 15.3. The van der Waals surface area contributed by atoms with E-state index in [0.717, 1.165) is 22.9 Å². The van der Waals surface area contributed by atoms with Crippen LogP contribution in [0.3, 0.4) is 0 Å². The van der Waals surface area contributed by atoms with Gasteiger partial charge in [0.25, 0.3) is 0 Å². The first-order valence-electron chi connectivity index (χ1n) is 6.79. The van der Waals surface area contributed by atoms with Crippen molar-refractivity contribution >= 4 is 41.6 Å². The number of nitrogens with zero attached hydrogens (tertiary/aromatic N) is 1. The standard InChI is InChI=1S/C14H15BrClNO3S/c15-12-3-1-11(2-4-12)14(5-6-14)17-8-10(7-13(17)18)9-21(16,19)20/h1-4,10H,5-9H2. The summed E-state index contributed by atoms with van der Waals surface area (Å²) in [5.41, 5.74) is 0.885. The van der Waals surface area contributed by atoms with Gasteiger partial charge in [-0.2, -0.15) is 0 Å². The van der Waals surface area contributed by atoms with Gasteiger partial charge in [0.2, 0.25) is 15.0 Å². The van der Waals surface area contributed by atoms with Crippen molar-refractivity contribution < 1.29 is 13.2 Å². The monoisotopic (exact) mass is 391 g/mol. The second-order valence-corrected chi connectivity index (χ2v) is 9.56. The molecular formula is C14H15BrClNO3S. The number of rotatable bonds is 4. The van der Waals surface area contributed by atoms with Crippen LogP contribution in [0.4, 0.5) is 0 Å². The number of halogens is 2. The van der Waals surface area contributed by atoms with E-state index in [1.165, 1.54) is 0 Å². The highest BCUT2D eigenvalue weighted by Gasteiger charge is 2.54. The van der Waals surface area contributed by atoms with Crippen molar-refractivity contribution in [2.24, 2.45) is 5.92 Å². The van der Waals surface area contributed by atoms with Crippen LogP contribution in [-0.2, 0) is 19.4 Å². The molecular weight excluding hydrogens is 378 g/mol. The third-order valence-electron chi connectivity index (χ3n) is 4.26. The average molecular weight is 393 g/mol. The molecule has 2 fully saturated rings. The van der Waals surface area contributed by atoms with Crippen molar-refractivity contribution in [1.29, 1.82) is 0 Å². The number of benzene rings is 1. The minimum Gasteiger partial charge on any atom is -0.333 e. The van der Waals surface area contributed by atoms with E-state index in [4.69, 9.17) is 10.7 Å². The quantitative estimate of drug-likeness (QED) is 0.740. The smallest absolute Gasteiger partial charge is 0.232 e. The number of likely N-dealkylation sites (tertiary alicyclic amines) is 1. The van der Waals surface area contributed by atoms with E-state index in [9.17, 15) is 13.2 Å². The molecule has 1 amide bonds. The largest absolute Gasteiger partial charge is 0.333 e. The van der Waals surface area contributed by atoms with Crippen LogP contribution in [0.25, 0.3) is 0 Å². The Morgan fingerprint density at radius 3 is 2.43 bits per heavy atom. The molecule has 1 saturated carbocycles. The summed E-state index contributed by atoms with van der Waals surface area (Å²) in [6.45, 7) is 0.473. The van der Waals surface area contributed by atoms with Gasteiger partial charge in [-0.05, 0) is 30.5 Å². The molecule has 114 valence electrons. The molecule has 7 heteroatoms. The minimum atomic E-state index is -3.56. The Morgan fingerprint density at radius 2 is 1.90 bits per heavy atom. The van der Waals surface area contributed by atoms with Crippen LogP contribution >= 0.6 is 26.6 Å². The van der Waals surface area contributed by atoms with Crippen molar-refractivity contribution in [2.75, 3.05) is 12.3 Å². The molecule has 4 nitrogen and oxygen atoms in total. The summed E-state index contributed by atoms with van der Waals surface area (Å²) in [6.07, 6.45) is 2.13. The Labute approximate surface area is 137 Å². The summed E-state index contributed by atoms with van der Waals surface area (Å²) in [5.74, 6) is -0.304. The van der Waals surface area contributed by atoms with Crippen LogP contribution in [0.15, 0.2) is 28.7 Å². The van der Waals surface area contributed by atoms with Gasteiger partial charge in [0.1, 0.15) is 0 Å². The lowest BCUT2D eigenvalue weighted by molar-refractivity contribution is -0.130. The summed E-state index contributed by atoms with van der Waals surface area (Å²) in [4.78, 5) is 14.1. The van der Waals surface area contributed by atoms with E-state index in [1.807, 2.05) is 29.2 Å². The molecule has 1 atom stereocenters. The Kier molecular flexibility index (Phi) is 3.83. The molecule has 1 aliphatic carbocycles. The van der Waals surface area contributed by atoms with Gasteiger partial charge in [-0.1, -0.05) is 28.1 Å². The van der Waals surface area contributed by atoms with E-state index in [1.54, 1.807) is 0 Å². The summed E-state index contributed by atoms with van der Waals surface area (Å²) in [6, 6.07) is 7.99. The fraction of sp³-hybridized carbons (Fsp3) is 0.500. The van der Waals surface area contributed by atoms with Crippen LogP contribution in [0.5, 0.6) is 0 Å². The maximum atomic E-state index is 12.3. The van der Waals surface area contributed by atoms with Crippen molar-refractivity contribution in [3.8, 4) is 0 Å². The third kappa shape index (κ3) is 3.12. The fourth-order valence-corrected chi connectivity index (χ4v) is 4.77. The molecule has 1 aromatic carbocycles. The molecule has 1 aromatic rings. The molecule has 2 aliphatic rings. The zero-order valence-electron chi connectivity index (χ0n) is 11.3. The summed E-state index contributed by atoms with van der Waals surface area (Å²) in [5, 5.41) is 0. The maximum Gasteiger partial charge on any atom is 0.232 e. The first-order valence-corrected chi connectivity index (χ1v) is 10.1. The van der Waals surface area contributed by atoms with Crippen molar-refractivity contribution in [3.05, 3.63) is 34.3 Å². The Morgan fingerprint density at radius 1 is 1.29 bits per heavy atom. The van der Waals surface area contributed by atoms with E-state index in [0.29, 0.717) is 6.54 Å². The van der Waals surface area contributed by atoms with Crippen LogP contribution < -0.4 is 0 Å². The molecule has 21 heavy (non-hydrogen) atoms. The Hall–Kier alpha value is -0.590. The third-order valence-corrected chi connectivity index (χ3v) is 6.04. The SMILES string of the molecule is O=C1CC(CS(=O)(=O)Cl)CN1C1(c2ccc(Br)cc2)CC1. The fourth-order valence-electron chi connectivity index (χ4n) is 3.18. The van der Waals surface area contributed by atoms with Gasteiger partial charge in [0.05, 0.1) is 11.3 Å². The lowest BCUT2D eigenvalue weighted by Gasteiger charge is -2.29. The first kappa shape index (κ1) is 15.3. The highest BCUT2D eigenvalue weighted by atomic mass is 79.9. The van der Waals surface area contributed by atoms with Gasteiger partial charge >= 0.3 is 0 Å². The lowest BCUT2D eigenvalue weighted by atomic mass is 10.0. The summed E-state index contributed by atoms with van der Waals surface area (Å²) in [7, 11) is 1.75. The van der Waals surface area contributed by atoms with Crippen molar-refractivity contribution in [3.63, 3.8) is 0 Å². The zero-order valence-corrected chi connectivity index (χ0v) is 14.4. The molecule has 0 N–H and O–H groups in total. The van der Waals surface area contributed by atoms with Gasteiger partial charge in [0, 0.05) is 34.0 Å². The Bertz CT molecular complexity index is 670. The normalized spacial score (nSPS) is 24.4. The molecule has 1 unspecified atom stereocenters. The van der Waals surface area contributed by atoms with Crippen molar-refractivity contribution in [2.45, 2.75) is 24.8 Å². The molecule has 1 heterocycles. The average Bonchev–Trinajstić information content (AvgIpc) is 3.09.